The normalized spacial score (nSPS) is 15.8. The van der Waals surface area contributed by atoms with Crippen molar-refractivity contribution in [3.05, 3.63) is 59.7 Å². The highest BCUT2D eigenvalue weighted by Crippen LogP contribution is 2.23. The third-order valence-electron chi connectivity index (χ3n) is 5.89. The summed E-state index contributed by atoms with van der Waals surface area (Å²) in [6, 6.07) is 16.8. The highest BCUT2D eigenvalue weighted by Gasteiger charge is 2.22. The molecule has 5 heteroatoms. The molecule has 1 heterocycles. The van der Waals surface area contributed by atoms with Gasteiger partial charge in [-0.25, -0.2) is 0 Å². The van der Waals surface area contributed by atoms with Gasteiger partial charge in [-0.2, -0.15) is 0 Å². The van der Waals surface area contributed by atoms with Gasteiger partial charge in [0.05, 0.1) is 19.7 Å². The quantitative estimate of drug-likeness (QED) is 0.718. The van der Waals surface area contributed by atoms with E-state index in [2.05, 4.69) is 72.3 Å². The standard InChI is InChI=1S/C25H35N3O2/c1-5-20-9-11-21(12-10-20)25(19(2)3)26-24(29)18-27-13-15-28(16-14-27)22-7-6-8-23(17-22)30-4/h6-12,17,19,25H,5,13-16,18H2,1-4H3,(H,26,29)/t25-/m1/s1. The van der Waals surface area contributed by atoms with Crippen LogP contribution in [0.3, 0.4) is 0 Å². The van der Waals surface area contributed by atoms with Gasteiger partial charge in [-0.1, -0.05) is 51.1 Å². The summed E-state index contributed by atoms with van der Waals surface area (Å²) in [4.78, 5) is 17.4. The molecule has 0 saturated carbocycles. The molecule has 0 aliphatic carbocycles. The summed E-state index contributed by atoms with van der Waals surface area (Å²) in [6.45, 7) is 10.5. The summed E-state index contributed by atoms with van der Waals surface area (Å²) in [5, 5.41) is 3.26. The molecule has 1 saturated heterocycles. The predicted molar refractivity (Wildman–Crippen MR) is 123 cm³/mol. The molecule has 2 aromatic carbocycles. The van der Waals surface area contributed by atoms with E-state index in [4.69, 9.17) is 4.74 Å². The molecule has 1 aliphatic heterocycles. The zero-order valence-corrected chi connectivity index (χ0v) is 18.7. The van der Waals surface area contributed by atoms with E-state index in [1.807, 2.05) is 12.1 Å². The van der Waals surface area contributed by atoms with Gasteiger partial charge in [-0.05, 0) is 35.6 Å². The van der Waals surface area contributed by atoms with Gasteiger partial charge < -0.3 is 15.0 Å². The van der Waals surface area contributed by atoms with Gasteiger partial charge in [0, 0.05) is 37.9 Å². The first-order chi connectivity index (χ1) is 14.5. The zero-order valence-electron chi connectivity index (χ0n) is 18.7. The van der Waals surface area contributed by atoms with Crippen LogP contribution in [0.4, 0.5) is 5.69 Å². The maximum atomic E-state index is 12.8. The number of amides is 1. The molecule has 1 N–H and O–H groups in total. The minimum atomic E-state index is 0.0430. The number of benzene rings is 2. The summed E-state index contributed by atoms with van der Waals surface area (Å²) < 4.78 is 5.33. The second kappa shape index (κ2) is 10.5. The number of carbonyl (C=O) groups is 1. The number of nitrogens with zero attached hydrogens (tertiary/aromatic N) is 2. The van der Waals surface area contributed by atoms with Crippen molar-refractivity contribution in [2.45, 2.75) is 33.2 Å². The van der Waals surface area contributed by atoms with Crippen molar-refractivity contribution in [1.82, 2.24) is 10.2 Å². The molecule has 2 aromatic rings. The van der Waals surface area contributed by atoms with E-state index >= 15 is 0 Å². The first-order valence-electron chi connectivity index (χ1n) is 11.0. The SMILES string of the molecule is CCc1ccc([C@H](NC(=O)CN2CCN(c3cccc(OC)c3)CC2)C(C)C)cc1. The number of nitrogens with one attached hydrogen (secondary N) is 1. The summed E-state index contributed by atoms with van der Waals surface area (Å²) in [5.74, 6) is 1.32. The van der Waals surface area contributed by atoms with E-state index in [9.17, 15) is 4.79 Å². The fourth-order valence-corrected chi connectivity index (χ4v) is 3.99. The van der Waals surface area contributed by atoms with Gasteiger partial charge in [-0.3, -0.25) is 9.69 Å². The minimum absolute atomic E-state index is 0.0430. The van der Waals surface area contributed by atoms with Gasteiger partial charge in [0.25, 0.3) is 0 Å². The van der Waals surface area contributed by atoms with Crippen LogP contribution in [0.15, 0.2) is 48.5 Å². The molecule has 1 fully saturated rings. The second-order valence-electron chi connectivity index (χ2n) is 8.35. The summed E-state index contributed by atoms with van der Waals surface area (Å²) >= 11 is 0. The Morgan fingerprint density at radius 3 is 2.37 bits per heavy atom. The topological polar surface area (TPSA) is 44.8 Å². The van der Waals surface area contributed by atoms with Crippen LogP contribution in [0.2, 0.25) is 0 Å². The number of hydrogen-bond donors (Lipinski definition) is 1. The second-order valence-corrected chi connectivity index (χ2v) is 8.35. The van der Waals surface area contributed by atoms with Crippen LogP contribution >= 0.6 is 0 Å². The Hall–Kier alpha value is -2.53. The van der Waals surface area contributed by atoms with E-state index in [0.717, 1.165) is 38.3 Å². The monoisotopic (exact) mass is 409 g/mol. The predicted octanol–water partition coefficient (Wildman–Crippen LogP) is 3.89. The van der Waals surface area contributed by atoms with Crippen molar-refractivity contribution in [2.24, 2.45) is 5.92 Å². The van der Waals surface area contributed by atoms with Crippen LogP contribution in [0, 0.1) is 5.92 Å². The molecule has 30 heavy (non-hydrogen) atoms. The van der Waals surface area contributed by atoms with E-state index in [1.165, 1.54) is 16.8 Å². The fraction of sp³-hybridized carbons (Fsp3) is 0.480. The van der Waals surface area contributed by atoms with Crippen molar-refractivity contribution in [3.63, 3.8) is 0 Å². The maximum absolute atomic E-state index is 12.8. The molecule has 0 spiro atoms. The van der Waals surface area contributed by atoms with Crippen LogP contribution in [0.1, 0.15) is 37.9 Å². The highest BCUT2D eigenvalue weighted by atomic mass is 16.5. The fourth-order valence-electron chi connectivity index (χ4n) is 3.99. The molecule has 0 aromatic heterocycles. The van der Waals surface area contributed by atoms with E-state index in [-0.39, 0.29) is 11.9 Å². The molecule has 0 unspecified atom stereocenters. The van der Waals surface area contributed by atoms with Crippen LogP contribution in [0.25, 0.3) is 0 Å². The molecule has 0 radical (unpaired) electrons. The van der Waals surface area contributed by atoms with Crippen molar-refractivity contribution < 1.29 is 9.53 Å². The van der Waals surface area contributed by atoms with Crippen LogP contribution in [-0.2, 0) is 11.2 Å². The molecular formula is C25H35N3O2. The van der Waals surface area contributed by atoms with Crippen molar-refractivity contribution >= 4 is 11.6 Å². The molecule has 162 valence electrons. The smallest absolute Gasteiger partial charge is 0.234 e. The molecular weight excluding hydrogens is 374 g/mol. The van der Waals surface area contributed by atoms with E-state index in [1.54, 1.807) is 7.11 Å². The molecule has 1 aliphatic rings. The van der Waals surface area contributed by atoms with E-state index in [0.29, 0.717) is 12.5 Å². The molecule has 5 nitrogen and oxygen atoms in total. The van der Waals surface area contributed by atoms with Gasteiger partial charge >= 0.3 is 0 Å². The highest BCUT2D eigenvalue weighted by molar-refractivity contribution is 5.78. The number of methoxy groups -OCH3 is 1. The lowest BCUT2D eigenvalue weighted by atomic mass is 9.95. The maximum Gasteiger partial charge on any atom is 0.234 e. The molecule has 0 bridgehead atoms. The number of anilines is 1. The first kappa shape index (κ1) is 22.2. The Bertz CT molecular complexity index is 811. The minimum Gasteiger partial charge on any atom is -0.497 e. The molecule has 1 amide bonds. The van der Waals surface area contributed by atoms with Crippen LogP contribution in [-0.4, -0.2) is 50.6 Å². The van der Waals surface area contributed by atoms with Gasteiger partial charge in [0.15, 0.2) is 0 Å². The molecule has 3 rings (SSSR count). The Balaban J connectivity index is 1.52. The average molecular weight is 410 g/mol. The largest absolute Gasteiger partial charge is 0.497 e. The number of rotatable bonds is 8. The third kappa shape index (κ3) is 5.76. The van der Waals surface area contributed by atoms with Crippen molar-refractivity contribution in [1.29, 1.82) is 0 Å². The average Bonchev–Trinajstić information content (AvgIpc) is 2.78. The number of piperazine rings is 1. The van der Waals surface area contributed by atoms with Crippen molar-refractivity contribution in [2.75, 3.05) is 44.7 Å². The lowest BCUT2D eigenvalue weighted by molar-refractivity contribution is -0.123. The third-order valence-corrected chi connectivity index (χ3v) is 5.89. The van der Waals surface area contributed by atoms with Crippen LogP contribution in [0.5, 0.6) is 5.75 Å². The number of aryl methyl sites for hydroxylation is 1. The lowest BCUT2D eigenvalue weighted by Gasteiger charge is -2.36. The van der Waals surface area contributed by atoms with Gasteiger partial charge in [0.1, 0.15) is 5.75 Å². The van der Waals surface area contributed by atoms with Gasteiger partial charge in [0.2, 0.25) is 5.91 Å². The summed E-state index contributed by atoms with van der Waals surface area (Å²) in [5.41, 5.74) is 3.67. The number of hydrogen-bond acceptors (Lipinski definition) is 4. The summed E-state index contributed by atoms with van der Waals surface area (Å²) in [7, 11) is 1.69. The van der Waals surface area contributed by atoms with Crippen molar-refractivity contribution in [3.8, 4) is 5.75 Å². The Labute approximate surface area is 181 Å². The summed E-state index contributed by atoms with van der Waals surface area (Å²) in [6.07, 6.45) is 1.03. The van der Waals surface area contributed by atoms with Gasteiger partial charge in [-0.15, -0.1) is 0 Å². The lowest BCUT2D eigenvalue weighted by Crippen LogP contribution is -2.50. The Morgan fingerprint density at radius 1 is 1.07 bits per heavy atom. The first-order valence-corrected chi connectivity index (χ1v) is 11.0. The molecule has 1 atom stereocenters. The number of ether oxygens (including phenoxy) is 1. The van der Waals surface area contributed by atoms with E-state index < -0.39 is 0 Å². The van der Waals surface area contributed by atoms with Crippen LogP contribution < -0.4 is 15.0 Å². The Morgan fingerprint density at radius 2 is 1.77 bits per heavy atom. The zero-order chi connectivity index (χ0) is 21.5. The number of carbonyl (C=O) groups excluding carboxylic acids is 1. The Kier molecular flexibility index (Phi) is 7.75.